The van der Waals surface area contributed by atoms with Gasteiger partial charge >= 0.3 is 12.0 Å². The summed E-state index contributed by atoms with van der Waals surface area (Å²) in [6.45, 7) is 2.81. The van der Waals surface area contributed by atoms with E-state index in [0.717, 1.165) is 25.0 Å². The maximum absolute atomic E-state index is 11.7. The van der Waals surface area contributed by atoms with Gasteiger partial charge in [0.1, 0.15) is 0 Å². The number of rotatable bonds is 8. The van der Waals surface area contributed by atoms with Crippen molar-refractivity contribution in [3.63, 3.8) is 0 Å². The largest absolute Gasteiger partial charge is 0.478 e. The average Bonchev–Trinajstić information content (AvgIpc) is 3.06. The van der Waals surface area contributed by atoms with E-state index in [4.69, 9.17) is 14.6 Å². The van der Waals surface area contributed by atoms with Gasteiger partial charge in [-0.05, 0) is 30.5 Å². The minimum Gasteiger partial charge on any atom is -0.478 e. The van der Waals surface area contributed by atoms with E-state index in [2.05, 4.69) is 10.6 Å². The monoisotopic (exact) mass is 322 g/mol. The van der Waals surface area contributed by atoms with E-state index >= 15 is 0 Å². The molecular weight excluding hydrogens is 300 g/mol. The lowest BCUT2D eigenvalue weighted by Gasteiger charge is -2.11. The summed E-state index contributed by atoms with van der Waals surface area (Å²) in [5.41, 5.74) is 0.947. The molecule has 126 valence electrons. The lowest BCUT2D eigenvalue weighted by atomic mass is 10.1. The van der Waals surface area contributed by atoms with E-state index in [0.29, 0.717) is 19.8 Å². The van der Waals surface area contributed by atoms with E-state index in [9.17, 15) is 9.59 Å². The van der Waals surface area contributed by atoms with Gasteiger partial charge in [-0.25, -0.2) is 9.59 Å². The van der Waals surface area contributed by atoms with Gasteiger partial charge in [0.2, 0.25) is 0 Å². The number of hydrogen-bond donors (Lipinski definition) is 3. The normalized spacial score (nSPS) is 17.0. The molecule has 0 bridgehead atoms. The molecule has 0 saturated carbocycles. The molecule has 0 aliphatic carbocycles. The van der Waals surface area contributed by atoms with Crippen LogP contribution in [0.5, 0.6) is 0 Å². The van der Waals surface area contributed by atoms with Crippen molar-refractivity contribution in [2.45, 2.75) is 25.5 Å². The van der Waals surface area contributed by atoms with E-state index in [1.165, 1.54) is 6.07 Å². The van der Waals surface area contributed by atoms with Crippen LogP contribution in [0.25, 0.3) is 0 Å². The summed E-state index contributed by atoms with van der Waals surface area (Å²) in [4.78, 5) is 22.5. The Kier molecular flexibility index (Phi) is 6.83. The van der Waals surface area contributed by atoms with Gasteiger partial charge in [0.25, 0.3) is 0 Å². The molecule has 0 radical (unpaired) electrons. The molecule has 1 aromatic rings. The second-order valence-corrected chi connectivity index (χ2v) is 5.32. The van der Waals surface area contributed by atoms with Crippen LogP contribution in [0.1, 0.15) is 28.8 Å². The molecule has 7 heteroatoms. The first-order valence-electron chi connectivity index (χ1n) is 7.68. The maximum Gasteiger partial charge on any atom is 0.335 e. The number of hydrogen-bond acceptors (Lipinski definition) is 4. The topological polar surface area (TPSA) is 96.9 Å². The summed E-state index contributed by atoms with van der Waals surface area (Å²) in [6.07, 6.45) is 1.85. The summed E-state index contributed by atoms with van der Waals surface area (Å²) in [5, 5.41) is 14.3. The molecule has 1 unspecified atom stereocenters. The van der Waals surface area contributed by atoms with Gasteiger partial charge in [0, 0.05) is 26.3 Å². The van der Waals surface area contributed by atoms with Crippen LogP contribution in [0, 0.1) is 0 Å². The van der Waals surface area contributed by atoms with Crippen LogP contribution in [0.3, 0.4) is 0 Å². The number of nitrogens with one attached hydrogen (secondary N) is 2. The van der Waals surface area contributed by atoms with Crippen molar-refractivity contribution in [2.24, 2.45) is 0 Å². The predicted octanol–water partition coefficient (Wildman–Crippen LogP) is 1.38. The molecule has 23 heavy (non-hydrogen) atoms. The Morgan fingerprint density at radius 1 is 1.35 bits per heavy atom. The highest BCUT2D eigenvalue weighted by molar-refractivity contribution is 5.87. The van der Waals surface area contributed by atoms with Crippen LogP contribution >= 0.6 is 0 Å². The van der Waals surface area contributed by atoms with Gasteiger partial charge in [0.15, 0.2) is 0 Å². The highest BCUT2D eigenvalue weighted by Crippen LogP contribution is 2.08. The molecule has 0 spiro atoms. The predicted molar refractivity (Wildman–Crippen MR) is 83.4 cm³/mol. The van der Waals surface area contributed by atoms with E-state index in [1.54, 1.807) is 18.2 Å². The molecule has 1 heterocycles. The number of carboxylic acids is 1. The van der Waals surface area contributed by atoms with Crippen molar-refractivity contribution >= 4 is 12.0 Å². The molecule has 1 aliphatic rings. The zero-order valence-electron chi connectivity index (χ0n) is 12.9. The fourth-order valence-electron chi connectivity index (χ4n) is 2.23. The highest BCUT2D eigenvalue weighted by Gasteiger charge is 2.15. The number of ether oxygens (including phenoxy) is 2. The number of benzene rings is 1. The maximum atomic E-state index is 11.7. The Bertz CT molecular complexity index is 529. The molecular formula is C16H22N2O5. The first-order chi connectivity index (χ1) is 11.1. The summed E-state index contributed by atoms with van der Waals surface area (Å²) in [6, 6.07) is 6.20. The third-order valence-electron chi connectivity index (χ3n) is 3.48. The Hall–Kier alpha value is -2.12. The minimum atomic E-state index is -0.982. The number of aromatic carboxylic acids is 1. The van der Waals surface area contributed by atoms with Crippen LogP contribution in [0.4, 0.5) is 4.79 Å². The van der Waals surface area contributed by atoms with Crippen molar-refractivity contribution < 1.29 is 24.2 Å². The van der Waals surface area contributed by atoms with Crippen molar-refractivity contribution in [1.29, 1.82) is 0 Å². The fraction of sp³-hybridized carbons (Fsp3) is 0.500. The molecule has 1 aromatic carbocycles. The number of urea groups is 1. The van der Waals surface area contributed by atoms with Crippen LogP contribution in [-0.2, 0) is 16.0 Å². The quantitative estimate of drug-likeness (QED) is 0.628. The molecule has 0 aromatic heterocycles. The molecule has 1 saturated heterocycles. The van der Waals surface area contributed by atoms with Gasteiger partial charge < -0.3 is 25.2 Å². The van der Waals surface area contributed by atoms with Gasteiger partial charge in [-0.3, -0.25) is 0 Å². The van der Waals surface area contributed by atoms with Crippen molar-refractivity contribution in [3.05, 3.63) is 35.4 Å². The van der Waals surface area contributed by atoms with Gasteiger partial charge in [-0.15, -0.1) is 0 Å². The van der Waals surface area contributed by atoms with Gasteiger partial charge in [0.05, 0.1) is 18.3 Å². The standard InChI is InChI=1S/C16H22N2O5/c19-15(20)13-4-1-3-12(9-13)10-18-16(21)17-6-2-7-23-14-5-8-22-11-14/h1,3-4,9,14H,2,5-8,10-11H2,(H,19,20)(H2,17,18,21). The number of amides is 2. The van der Waals surface area contributed by atoms with Crippen LogP contribution in [0.2, 0.25) is 0 Å². The lowest BCUT2D eigenvalue weighted by Crippen LogP contribution is -2.36. The fourth-order valence-corrected chi connectivity index (χ4v) is 2.23. The Balaban J connectivity index is 1.57. The Morgan fingerprint density at radius 3 is 2.96 bits per heavy atom. The second kappa shape index (κ2) is 9.12. The molecule has 1 aliphatic heterocycles. The van der Waals surface area contributed by atoms with Crippen molar-refractivity contribution in [2.75, 3.05) is 26.4 Å². The number of carboxylic acid groups (broad SMARTS) is 1. The molecule has 2 amide bonds. The summed E-state index contributed by atoms with van der Waals surface area (Å²) in [7, 11) is 0. The van der Waals surface area contributed by atoms with Crippen LogP contribution < -0.4 is 10.6 Å². The number of carbonyl (C=O) groups excluding carboxylic acids is 1. The first kappa shape index (κ1) is 17.2. The van der Waals surface area contributed by atoms with Crippen LogP contribution in [0.15, 0.2) is 24.3 Å². The molecule has 1 atom stereocenters. The Labute approximate surface area is 135 Å². The SMILES string of the molecule is O=C(NCCCOC1CCOC1)NCc1cccc(C(=O)O)c1. The summed E-state index contributed by atoms with van der Waals surface area (Å²) < 4.78 is 10.8. The molecule has 1 fully saturated rings. The smallest absolute Gasteiger partial charge is 0.335 e. The van der Waals surface area contributed by atoms with Gasteiger partial charge in [-0.1, -0.05) is 12.1 Å². The molecule has 3 N–H and O–H groups in total. The zero-order valence-corrected chi connectivity index (χ0v) is 12.9. The first-order valence-corrected chi connectivity index (χ1v) is 7.68. The van der Waals surface area contributed by atoms with E-state index < -0.39 is 5.97 Å². The Morgan fingerprint density at radius 2 is 2.22 bits per heavy atom. The van der Waals surface area contributed by atoms with Crippen molar-refractivity contribution in [1.82, 2.24) is 10.6 Å². The highest BCUT2D eigenvalue weighted by atomic mass is 16.5. The summed E-state index contributed by atoms with van der Waals surface area (Å²) in [5.74, 6) is -0.982. The molecule has 7 nitrogen and oxygen atoms in total. The van der Waals surface area contributed by atoms with Gasteiger partial charge in [-0.2, -0.15) is 0 Å². The van der Waals surface area contributed by atoms with Crippen LogP contribution in [-0.4, -0.2) is 49.6 Å². The average molecular weight is 322 g/mol. The molecule has 2 rings (SSSR count). The van der Waals surface area contributed by atoms with E-state index in [1.807, 2.05) is 0 Å². The lowest BCUT2D eigenvalue weighted by molar-refractivity contribution is 0.0418. The zero-order chi connectivity index (χ0) is 16.5. The third-order valence-corrected chi connectivity index (χ3v) is 3.48. The summed E-state index contributed by atoms with van der Waals surface area (Å²) >= 11 is 0. The van der Waals surface area contributed by atoms with E-state index in [-0.39, 0.29) is 24.2 Å². The number of carbonyl (C=O) groups is 2. The third kappa shape index (κ3) is 6.25. The second-order valence-electron chi connectivity index (χ2n) is 5.32. The van der Waals surface area contributed by atoms with Crippen molar-refractivity contribution in [3.8, 4) is 0 Å². The minimum absolute atomic E-state index is 0.185.